The third kappa shape index (κ3) is 5.82. The Labute approximate surface area is 125 Å². The van der Waals surface area contributed by atoms with Crippen LogP contribution < -0.4 is 0 Å². The predicted molar refractivity (Wildman–Crippen MR) is 83.9 cm³/mol. The van der Waals surface area contributed by atoms with Crippen LogP contribution in [0.2, 0.25) is 0 Å². The van der Waals surface area contributed by atoms with E-state index in [1.54, 1.807) is 0 Å². The maximum absolute atomic E-state index is 11.7. The molecule has 0 amide bonds. The lowest BCUT2D eigenvalue weighted by atomic mass is 9.77. The van der Waals surface area contributed by atoms with Crippen molar-refractivity contribution >= 4 is 5.97 Å². The first-order chi connectivity index (χ1) is 9.32. The Bertz CT molecular complexity index is 275. The highest BCUT2D eigenvalue weighted by Gasteiger charge is 2.40. The van der Waals surface area contributed by atoms with Crippen molar-refractivity contribution in [3.63, 3.8) is 0 Å². The summed E-state index contributed by atoms with van der Waals surface area (Å²) in [5.74, 6) is 0.720. The molecule has 0 spiro atoms. The van der Waals surface area contributed by atoms with Crippen molar-refractivity contribution in [1.82, 2.24) is 0 Å². The lowest BCUT2D eigenvalue weighted by Crippen LogP contribution is -2.44. The third-order valence-corrected chi connectivity index (χ3v) is 4.48. The van der Waals surface area contributed by atoms with Gasteiger partial charge in [-0.15, -0.1) is 0 Å². The summed E-state index contributed by atoms with van der Waals surface area (Å²) in [7, 11) is 0. The number of hydrogen-bond donors (Lipinski definition) is 1. The number of ether oxygens (including phenoxy) is 1. The van der Waals surface area contributed by atoms with Crippen molar-refractivity contribution in [2.24, 2.45) is 17.8 Å². The molecule has 0 aliphatic heterocycles. The van der Waals surface area contributed by atoms with Crippen molar-refractivity contribution in [3.05, 3.63) is 0 Å². The number of carboxylic acids is 1. The molecule has 3 heteroatoms. The molecule has 0 heterocycles. The summed E-state index contributed by atoms with van der Waals surface area (Å²) in [6, 6.07) is 0. The fraction of sp³-hybridized carbons (Fsp3) is 0.941. The SMILES string of the molecule is CCCO[C@](CC)(CC(CC(C)CC)C(C)C)C(=O)O. The highest BCUT2D eigenvalue weighted by atomic mass is 16.5. The normalized spacial score (nSPS) is 17.8. The van der Waals surface area contributed by atoms with Crippen LogP contribution in [0.3, 0.4) is 0 Å². The molecule has 0 rings (SSSR count). The van der Waals surface area contributed by atoms with E-state index in [0.717, 1.165) is 19.3 Å². The maximum atomic E-state index is 11.7. The first-order valence-electron chi connectivity index (χ1n) is 8.20. The van der Waals surface area contributed by atoms with Crippen LogP contribution in [-0.2, 0) is 9.53 Å². The first kappa shape index (κ1) is 19.4. The quantitative estimate of drug-likeness (QED) is 0.596. The largest absolute Gasteiger partial charge is 0.479 e. The van der Waals surface area contributed by atoms with Gasteiger partial charge in [-0.3, -0.25) is 0 Å². The Morgan fingerprint density at radius 1 is 1.20 bits per heavy atom. The lowest BCUT2D eigenvalue weighted by Gasteiger charge is -2.35. The smallest absolute Gasteiger partial charge is 0.335 e. The zero-order valence-corrected chi connectivity index (χ0v) is 14.2. The summed E-state index contributed by atoms with van der Waals surface area (Å²) < 4.78 is 5.79. The van der Waals surface area contributed by atoms with Crippen molar-refractivity contribution < 1.29 is 14.6 Å². The highest BCUT2D eigenvalue weighted by Crippen LogP contribution is 2.34. The minimum absolute atomic E-state index is 0.401. The van der Waals surface area contributed by atoms with Crippen LogP contribution in [0.25, 0.3) is 0 Å². The summed E-state index contributed by atoms with van der Waals surface area (Å²) >= 11 is 0. The molecule has 120 valence electrons. The second kappa shape index (κ2) is 9.38. The molecule has 0 radical (unpaired) electrons. The zero-order chi connectivity index (χ0) is 15.8. The topological polar surface area (TPSA) is 46.5 Å². The van der Waals surface area contributed by atoms with Crippen LogP contribution in [0.4, 0.5) is 0 Å². The van der Waals surface area contributed by atoms with Crippen LogP contribution in [-0.4, -0.2) is 23.3 Å². The fourth-order valence-corrected chi connectivity index (χ4v) is 2.60. The van der Waals surface area contributed by atoms with Gasteiger partial charge in [-0.2, -0.15) is 0 Å². The van der Waals surface area contributed by atoms with Gasteiger partial charge in [0.2, 0.25) is 0 Å². The molecule has 3 atom stereocenters. The highest BCUT2D eigenvalue weighted by molar-refractivity contribution is 5.77. The molecule has 0 aromatic heterocycles. The van der Waals surface area contributed by atoms with Crippen LogP contribution in [0.15, 0.2) is 0 Å². The summed E-state index contributed by atoms with van der Waals surface area (Å²) in [6.07, 6.45) is 4.24. The molecule has 0 aromatic carbocycles. The summed E-state index contributed by atoms with van der Waals surface area (Å²) in [6.45, 7) is 13.3. The second-order valence-corrected chi connectivity index (χ2v) is 6.46. The average Bonchev–Trinajstić information content (AvgIpc) is 2.41. The Hall–Kier alpha value is -0.570. The Morgan fingerprint density at radius 2 is 1.80 bits per heavy atom. The molecule has 0 saturated carbocycles. The van der Waals surface area contributed by atoms with Gasteiger partial charge in [0.05, 0.1) is 0 Å². The van der Waals surface area contributed by atoms with E-state index < -0.39 is 11.6 Å². The van der Waals surface area contributed by atoms with Crippen molar-refractivity contribution in [2.75, 3.05) is 6.61 Å². The summed E-state index contributed by atoms with van der Waals surface area (Å²) in [4.78, 5) is 11.7. The summed E-state index contributed by atoms with van der Waals surface area (Å²) in [5, 5.41) is 9.65. The van der Waals surface area contributed by atoms with Gasteiger partial charge in [-0.25, -0.2) is 4.79 Å². The van der Waals surface area contributed by atoms with Gasteiger partial charge in [0, 0.05) is 6.61 Å². The molecule has 0 aliphatic carbocycles. The number of carboxylic acid groups (broad SMARTS) is 1. The number of hydrogen-bond acceptors (Lipinski definition) is 2. The maximum Gasteiger partial charge on any atom is 0.335 e. The Morgan fingerprint density at radius 3 is 2.15 bits per heavy atom. The lowest BCUT2D eigenvalue weighted by molar-refractivity contribution is -0.170. The first-order valence-corrected chi connectivity index (χ1v) is 8.20. The van der Waals surface area contributed by atoms with Gasteiger partial charge >= 0.3 is 5.97 Å². The van der Waals surface area contributed by atoms with Crippen molar-refractivity contribution in [2.45, 2.75) is 79.2 Å². The van der Waals surface area contributed by atoms with E-state index in [2.05, 4.69) is 27.7 Å². The van der Waals surface area contributed by atoms with Gasteiger partial charge in [0.1, 0.15) is 0 Å². The Kier molecular flexibility index (Phi) is 9.11. The van der Waals surface area contributed by atoms with Crippen LogP contribution in [0.5, 0.6) is 0 Å². The van der Waals surface area contributed by atoms with E-state index in [1.165, 1.54) is 0 Å². The van der Waals surface area contributed by atoms with Gasteiger partial charge in [-0.1, -0.05) is 48.0 Å². The number of carbonyl (C=O) groups is 1. The van der Waals surface area contributed by atoms with E-state index in [0.29, 0.717) is 37.2 Å². The van der Waals surface area contributed by atoms with Crippen molar-refractivity contribution in [1.29, 1.82) is 0 Å². The summed E-state index contributed by atoms with van der Waals surface area (Å²) in [5.41, 5.74) is -1.00. The third-order valence-electron chi connectivity index (χ3n) is 4.48. The molecular weight excluding hydrogens is 252 g/mol. The van der Waals surface area contributed by atoms with Gasteiger partial charge < -0.3 is 9.84 Å². The molecule has 1 N–H and O–H groups in total. The van der Waals surface area contributed by atoms with Gasteiger partial charge in [0.15, 0.2) is 5.60 Å². The van der Waals surface area contributed by atoms with E-state index in [4.69, 9.17) is 4.74 Å². The van der Waals surface area contributed by atoms with E-state index >= 15 is 0 Å². The number of aliphatic carboxylic acids is 1. The Balaban J connectivity index is 5.01. The minimum atomic E-state index is -1.00. The molecular formula is C17H34O3. The monoisotopic (exact) mass is 286 g/mol. The average molecular weight is 286 g/mol. The minimum Gasteiger partial charge on any atom is -0.479 e. The van der Waals surface area contributed by atoms with E-state index in [-0.39, 0.29) is 0 Å². The van der Waals surface area contributed by atoms with Crippen molar-refractivity contribution in [3.8, 4) is 0 Å². The molecule has 0 aromatic rings. The molecule has 0 aliphatic rings. The van der Waals surface area contributed by atoms with Gasteiger partial charge in [0.25, 0.3) is 0 Å². The van der Waals surface area contributed by atoms with Crippen LogP contribution >= 0.6 is 0 Å². The standard InChI is InChI=1S/C17H34O3/c1-7-10-20-17(9-3,16(18)19)12-15(13(4)5)11-14(6)8-2/h13-15H,7-12H2,1-6H3,(H,18,19)/t14?,15?,17-/m1/s1. The van der Waals surface area contributed by atoms with E-state index in [9.17, 15) is 9.90 Å². The molecule has 0 fully saturated rings. The predicted octanol–water partition coefficient (Wildman–Crippen LogP) is 4.74. The fourth-order valence-electron chi connectivity index (χ4n) is 2.60. The molecule has 3 nitrogen and oxygen atoms in total. The molecule has 0 bridgehead atoms. The molecule has 2 unspecified atom stereocenters. The van der Waals surface area contributed by atoms with Gasteiger partial charge in [-0.05, 0) is 43.4 Å². The second-order valence-electron chi connectivity index (χ2n) is 6.46. The zero-order valence-electron chi connectivity index (χ0n) is 14.2. The molecule has 0 saturated heterocycles. The van der Waals surface area contributed by atoms with E-state index in [1.807, 2.05) is 13.8 Å². The number of rotatable bonds is 11. The van der Waals surface area contributed by atoms with Crippen LogP contribution in [0.1, 0.15) is 73.6 Å². The van der Waals surface area contributed by atoms with Crippen LogP contribution in [0, 0.1) is 17.8 Å². The molecule has 20 heavy (non-hydrogen) atoms.